The molecule has 0 aromatic heterocycles. The van der Waals surface area contributed by atoms with Crippen molar-refractivity contribution in [3.63, 3.8) is 0 Å². The van der Waals surface area contributed by atoms with Crippen molar-refractivity contribution in [3.8, 4) is 0 Å². The molecule has 3 atom stereocenters. The van der Waals surface area contributed by atoms with Crippen molar-refractivity contribution >= 4 is 5.69 Å². The van der Waals surface area contributed by atoms with Crippen LogP contribution in [0.3, 0.4) is 0 Å². The molecule has 1 spiro atoms. The monoisotopic (exact) mass is 310 g/mol. The summed E-state index contributed by atoms with van der Waals surface area (Å²) >= 11 is 0. The zero-order chi connectivity index (χ0) is 16.6. The summed E-state index contributed by atoms with van der Waals surface area (Å²) in [7, 11) is 0. The van der Waals surface area contributed by atoms with Crippen LogP contribution in [0.15, 0.2) is 29.8 Å². The Morgan fingerprint density at radius 1 is 1.00 bits per heavy atom. The molecule has 0 heterocycles. The first-order chi connectivity index (χ1) is 10.7. The fraction of sp³-hybridized carbons (Fsp3) is 0.619. The molecule has 3 unspecified atom stereocenters. The van der Waals surface area contributed by atoms with Crippen LogP contribution in [-0.2, 0) is 10.8 Å². The Balaban J connectivity index is 1.97. The van der Waals surface area contributed by atoms with Crippen molar-refractivity contribution in [3.05, 3.63) is 41.0 Å². The molecule has 0 aliphatic heterocycles. The lowest BCUT2D eigenvalue weighted by molar-refractivity contribution is 0.242. The number of nitrogens with two attached hydrogens (primary N) is 2. The first-order valence-electron chi connectivity index (χ1n) is 9.04. The van der Waals surface area contributed by atoms with Gasteiger partial charge in [0, 0.05) is 17.1 Å². The van der Waals surface area contributed by atoms with Gasteiger partial charge in [0.25, 0.3) is 0 Å². The number of benzene rings is 1. The molecule has 1 saturated carbocycles. The van der Waals surface area contributed by atoms with E-state index in [1.807, 2.05) is 0 Å². The van der Waals surface area contributed by atoms with Crippen LogP contribution in [0.25, 0.3) is 0 Å². The molecule has 0 radical (unpaired) electrons. The molecule has 2 heteroatoms. The third-order valence-corrected chi connectivity index (χ3v) is 6.84. The van der Waals surface area contributed by atoms with E-state index in [2.05, 4.69) is 52.0 Å². The summed E-state index contributed by atoms with van der Waals surface area (Å²) < 4.78 is 0. The van der Waals surface area contributed by atoms with Crippen LogP contribution >= 0.6 is 0 Å². The fourth-order valence-electron chi connectivity index (χ4n) is 6.16. The molecular weight excluding hydrogens is 280 g/mol. The minimum absolute atomic E-state index is 0.153. The first kappa shape index (κ1) is 15.3. The van der Waals surface area contributed by atoms with Gasteiger partial charge in [-0.3, -0.25) is 0 Å². The molecule has 3 aliphatic rings. The molecule has 2 nitrogen and oxygen atoms in total. The van der Waals surface area contributed by atoms with Crippen LogP contribution in [0, 0.1) is 11.3 Å². The van der Waals surface area contributed by atoms with E-state index in [1.54, 1.807) is 5.57 Å². The Bertz CT molecular complexity index is 698. The molecule has 3 aliphatic carbocycles. The number of nitrogen functional groups attached to an aromatic ring is 1. The predicted octanol–water partition coefficient (Wildman–Crippen LogP) is 4.28. The summed E-state index contributed by atoms with van der Waals surface area (Å²) in [5.74, 6) is 0.672. The van der Waals surface area contributed by atoms with Crippen LogP contribution < -0.4 is 11.5 Å². The van der Waals surface area contributed by atoms with E-state index in [1.165, 1.54) is 30.4 Å². The highest BCUT2D eigenvalue weighted by Gasteiger charge is 2.60. The smallest absolute Gasteiger partial charge is 0.0317 e. The van der Waals surface area contributed by atoms with Crippen molar-refractivity contribution in [1.82, 2.24) is 0 Å². The summed E-state index contributed by atoms with van der Waals surface area (Å²) in [6, 6.07) is 6.81. The second kappa shape index (κ2) is 4.42. The van der Waals surface area contributed by atoms with E-state index in [4.69, 9.17) is 11.5 Å². The lowest BCUT2D eigenvalue weighted by atomic mass is 9.70. The highest BCUT2D eigenvalue weighted by molar-refractivity contribution is 5.59. The first-order valence-corrected chi connectivity index (χ1v) is 9.04. The lowest BCUT2D eigenvalue weighted by Gasteiger charge is -2.34. The van der Waals surface area contributed by atoms with Gasteiger partial charge in [-0.15, -0.1) is 0 Å². The second-order valence-electron chi connectivity index (χ2n) is 9.53. The van der Waals surface area contributed by atoms with E-state index in [0.717, 1.165) is 12.1 Å². The van der Waals surface area contributed by atoms with Crippen molar-refractivity contribution in [1.29, 1.82) is 0 Å². The molecule has 23 heavy (non-hydrogen) atoms. The Morgan fingerprint density at radius 2 is 1.74 bits per heavy atom. The van der Waals surface area contributed by atoms with Gasteiger partial charge in [0.2, 0.25) is 0 Å². The molecular formula is C21H30N2. The lowest BCUT2D eigenvalue weighted by Crippen LogP contribution is -2.31. The van der Waals surface area contributed by atoms with Crippen molar-refractivity contribution < 1.29 is 0 Å². The van der Waals surface area contributed by atoms with Crippen LogP contribution in [0.4, 0.5) is 5.69 Å². The van der Waals surface area contributed by atoms with Crippen LogP contribution in [0.1, 0.15) is 64.5 Å². The minimum Gasteiger partial charge on any atom is -0.399 e. The fourth-order valence-corrected chi connectivity index (χ4v) is 6.16. The molecule has 0 amide bonds. The summed E-state index contributed by atoms with van der Waals surface area (Å²) in [6.07, 6.45) is 7.19. The van der Waals surface area contributed by atoms with Crippen LogP contribution in [0.5, 0.6) is 0 Å². The van der Waals surface area contributed by atoms with Crippen LogP contribution in [-0.4, -0.2) is 6.04 Å². The van der Waals surface area contributed by atoms with E-state index in [9.17, 15) is 0 Å². The summed E-state index contributed by atoms with van der Waals surface area (Å²) in [5, 5.41) is 0. The number of hydrogen-bond donors (Lipinski definition) is 2. The SMILES string of the molecule is CC1(C)CC2(CC(C)(C)C3CCC(N)C=C32)c2cc(N)ccc21. The summed E-state index contributed by atoms with van der Waals surface area (Å²) in [6.45, 7) is 9.68. The maximum atomic E-state index is 6.35. The quantitative estimate of drug-likeness (QED) is 0.555. The highest BCUT2D eigenvalue weighted by atomic mass is 14.7. The Morgan fingerprint density at radius 3 is 2.48 bits per heavy atom. The maximum absolute atomic E-state index is 6.35. The van der Waals surface area contributed by atoms with E-state index in [0.29, 0.717) is 11.3 Å². The zero-order valence-corrected chi connectivity index (χ0v) is 14.9. The van der Waals surface area contributed by atoms with E-state index in [-0.39, 0.29) is 16.9 Å². The number of allylic oxidation sites excluding steroid dienone is 1. The van der Waals surface area contributed by atoms with Gasteiger partial charge in [-0.2, -0.15) is 0 Å². The van der Waals surface area contributed by atoms with E-state index >= 15 is 0 Å². The van der Waals surface area contributed by atoms with Crippen molar-refractivity contribution in [2.24, 2.45) is 17.1 Å². The largest absolute Gasteiger partial charge is 0.399 e. The van der Waals surface area contributed by atoms with Crippen molar-refractivity contribution in [2.75, 3.05) is 5.73 Å². The Labute approximate surface area is 140 Å². The number of rotatable bonds is 0. The van der Waals surface area contributed by atoms with E-state index < -0.39 is 0 Å². The average Bonchev–Trinajstić information content (AvgIpc) is 2.78. The minimum atomic E-state index is 0.153. The normalized spacial score (nSPS) is 36.7. The van der Waals surface area contributed by atoms with Crippen molar-refractivity contribution in [2.45, 2.75) is 70.3 Å². The average molecular weight is 310 g/mol. The third kappa shape index (κ3) is 1.97. The molecule has 124 valence electrons. The van der Waals surface area contributed by atoms with Gasteiger partial charge < -0.3 is 11.5 Å². The standard InChI is InChI=1S/C21H30N2/c1-19(2)11-21(17-9-13(22)5-7-15(17)19)12-20(3,4)16-8-6-14(23)10-18(16)21/h5,7,9-10,14,16H,6,8,11-12,22-23H2,1-4H3. The van der Waals surface area contributed by atoms with Gasteiger partial charge in [0.1, 0.15) is 0 Å². The summed E-state index contributed by atoms with van der Waals surface area (Å²) in [5.41, 5.74) is 18.7. The third-order valence-electron chi connectivity index (χ3n) is 6.84. The molecule has 4 N–H and O–H groups in total. The zero-order valence-electron chi connectivity index (χ0n) is 14.9. The number of fused-ring (bicyclic) bond motifs is 4. The Hall–Kier alpha value is -1.28. The predicted molar refractivity (Wildman–Crippen MR) is 97.4 cm³/mol. The van der Waals surface area contributed by atoms with Gasteiger partial charge in [-0.05, 0) is 65.7 Å². The Kier molecular flexibility index (Phi) is 2.93. The topological polar surface area (TPSA) is 52.0 Å². The molecule has 1 aromatic rings. The van der Waals surface area contributed by atoms with Gasteiger partial charge in [-0.25, -0.2) is 0 Å². The second-order valence-corrected chi connectivity index (χ2v) is 9.53. The molecule has 0 saturated heterocycles. The van der Waals surface area contributed by atoms with Gasteiger partial charge in [0.05, 0.1) is 0 Å². The number of hydrogen-bond acceptors (Lipinski definition) is 2. The molecule has 4 rings (SSSR count). The van der Waals surface area contributed by atoms with Crippen LogP contribution in [0.2, 0.25) is 0 Å². The molecule has 1 fully saturated rings. The molecule has 0 bridgehead atoms. The maximum Gasteiger partial charge on any atom is 0.0317 e. The van der Waals surface area contributed by atoms with Gasteiger partial charge >= 0.3 is 0 Å². The summed E-state index contributed by atoms with van der Waals surface area (Å²) in [4.78, 5) is 0. The highest BCUT2D eigenvalue weighted by Crippen LogP contribution is 2.67. The molecule has 1 aromatic carbocycles. The van der Waals surface area contributed by atoms with Gasteiger partial charge in [-0.1, -0.05) is 45.4 Å². The number of anilines is 1. The van der Waals surface area contributed by atoms with Gasteiger partial charge in [0.15, 0.2) is 0 Å².